The Balaban J connectivity index is 1.35. The highest BCUT2D eigenvalue weighted by molar-refractivity contribution is 6.03. The van der Waals surface area contributed by atoms with Crippen molar-refractivity contribution in [2.24, 2.45) is 0 Å². The molecule has 7 rings (SSSR count). The third kappa shape index (κ3) is 3.80. The van der Waals surface area contributed by atoms with Crippen LogP contribution < -0.4 is 0 Å². The molecule has 0 atom stereocenters. The summed E-state index contributed by atoms with van der Waals surface area (Å²) in [5.74, 6) is 0. The van der Waals surface area contributed by atoms with Crippen LogP contribution in [0.2, 0.25) is 0 Å². The van der Waals surface area contributed by atoms with Gasteiger partial charge >= 0.3 is 0 Å². The zero-order valence-electron chi connectivity index (χ0n) is 20.3. The van der Waals surface area contributed by atoms with Crippen LogP contribution in [-0.4, -0.2) is 19.9 Å². The summed E-state index contributed by atoms with van der Waals surface area (Å²) in [5, 5.41) is 2.19. The van der Waals surface area contributed by atoms with Gasteiger partial charge in [0.1, 0.15) is 0 Å². The van der Waals surface area contributed by atoms with Gasteiger partial charge in [0.25, 0.3) is 0 Å². The number of hydrogen-bond acceptors (Lipinski definition) is 4. The van der Waals surface area contributed by atoms with Crippen LogP contribution in [0.25, 0.3) is 66.6 Å². The maximum atomic E-state index is 5.03. The number of fused-ring (bicyclic) bond motifs is 4. The molecule has 7 aromatic rings. The van der Waals surface area contributed by atoms with E-state index < -0.39 is 0 Å². The van der Waals surface area contributed by atoms with Crippen molar-refractivity contribution in [2.75, 3.05) is 0 Å². The van der Waals surface area contributed by atoms with E-state index in [0.29, 0.717) is 0 Å². The molecule has 0 amide bonds. The minimum absolute atomic E-state index is 0.869. The average molecular weight is 475 g/mol. The quantitative estimate of drug-likeness (QED) is 0.243. The first-order valence-corrected chi connectivity index (χ1v) is 12.3. The lowest BCUT2D eigenvalue weighted by Crippen LogP contribution is -1.95. The number of aromatic nitrogens is 4. The van der Waals surface area contributed by atoms with Crippen LogP contribution in [0.5, 0.6) is 0 Å². The summed E-state index contributed by atoms with van der Waals surface area (Å²) >= 11 is 0. The molecule has 0 N–H and O–H groups in total. The van der Waals surface area contributed by atoms with Crippen LogP contribution >= 0.6 is 0 Å². The van der Waals surface area contributed by atoms with Crippen molar-refractivity contribution < 1.29 is 0 Å². The maximum Gasteiger partial charge on any atom is 0.0973 e. The second-order valence-electron chi connectivity index (χ2n) is 9.21. The Kier molecular flexibility index (Phi) is 4.96. The fraction of sp³-hybridized carbons (Fsp3) is 0.0303. The van der Waals surface area contributed by atoms with Gasteiger partial charge in [-0.15, -0.1) is 0 Å². The molecule has 4 nitrogen and oxygen atoms in total. The Labute approximate surface area is 214 Å². The predicted octanol–water partition coefficient (Wildman–Crippen LogP) is 8.04. The van der Waals surface area contributed by atoms with E-state index in [0.717, 1.165) is 72.3 Å². The van der Waals surface area contributed by atoms with E-state index in [1.165, 1.54) is 0 Å². The maximum absolute atomic E-state index is 5.03. The lowest BCUT2D eigenvalue weighted by molar-refractivity contribution is 1.25. The topological polar surface area (TPSA) is 51.6 Å². The van der Waals surface area contributed by atoms with Gasteiger partial charge in [0.2, 0.25) is 0 Å². The summed E-state index contributed by atoms with van der Waals surface area (Å²) in [6, 6.07) is 39.2. The van der Waals surface area contributed by atoms with E-state index in [4.69, 9.17) is 19.9 Å². The molecule has 0 radical (unpaired) electrons. The predicted molar refractivity (Wildman–Crippen MR) is 151 cm³/mol. The molecule has 0 unspecified atom stereocenters. The SMILES string of the molecule is Cc1ccc2ccc3ccc(-c4ccc(-c5nc6ccccc6nc5-c5ccccc5)cc4)nc3c2n1. The van der Waals surface area contributed by atoms with Crippen LogP contribution in [0, 0.1) is 6.92 Å². The summed E-state index contributed by atoms with van der Waals surface area (Å²) in [7, 11) is 0. The number of benzene rings is 4. The molecule has 37 heavy (non-hydrogen) atoms. The second-order valence-corrected chi connectivity index (χ2v) is 9.21. The zero-order chi connectivity index (χ0) is 24.8. The van der Waals surface area contributed by atoms with Gasteiger partial charge in [-0.05, 0) is 31.2 Å². The van der Waals surface area contributed by atoms with Gasteiger partial charge in [-0.2, -0.15) is 0 Å². The van der Waals surface area contributed by atoms with Crippen LogP contribution in [0.3, 0.4) is 0 Å². The molecule has 0 bridgehead atoms. The third-order valence-electron chi connectivity index (χ3n) is 6.73. The molecular weight excluding hydrogens is 452 g/mol. The number of nitrogens with zero attached hydrogens (tertiary/aromatic N) is 4. The van der Waals surface area contributed by atoms with Gasteiger partial charge in [-0.25, -0.2) is 15.0 Å². The molecule has 4 heteroatoms. The minimum Gasteiger partial charge on any atom is -0.251 e. The Morgan fingerprint density at radius 3 is 1.59 bits per heavy atom. The molecule has 0 spiro atoms. The number of rotatable bonds is 3. The smallest absolute Gasteiger partial charge is 0.0973 e. The molecular formula is C33H22N4. The van der Waals surface area contributed by atoms with Crippen molar-refractivity contribution >= 4 is 32.8 Å². The lowest BCUT2D eigenvalue weighted by Gasteiger charge is -2.11. The van der Waals surface area contributed by atoms with Crippen LogP contribution in [0.4, 0.5) is 0 Å². The Morgan fingerprint density at radius 2 is 0.919 bits per heavy atom. The molecule has 3 aromatic heterocycles. The first kappa shape index (κ1) is 21.3. The third-order valence-corrected chi connectivity index (χ3v) is 6.73. The van der Waals surface area contributed by atoms with Gasteiger partial charge < -0.3 is 0 Å². The van der Waals surface area contributed by atoms with Crippen molar-refractivity contribution in [1.82, 2.24) is 19.9 Å². The fourth-order valence-electron chi connectivity index (χ4n) is 4.82. The largest absolute Gasteiger partial charge is 0.251 e. The highest BCUT2D eigenvalue weighted by Crippen LogP contribution is 2.33. The summed E-state index contributed by atoms with van der Waals surface area (Å²) in [5.41, 5.74) is 10.4. The molecule has 0 aliphatic rings. The lowest BCUT2D eigenvalue weighted by atomic mass is 10.0. The van der Waals surface area contributed by atoms with E-state index in [-0.39, 0.29) is 0 Å². The highest BCUT2D eigenvalue weighted by atomic mass is 14.8. The average Bonchev–Trinajstić information content (AvgIpc) is 2.96. The van der Waals surface area contributed by atoms with Gasteiger partial charge in [-0.1, -0.05) is 91.0 Å². The van der Waals surface area contributed by atoms with E-state index in [1.807, 2.05) is 55.5 Å². The summed E-state index contributed by atoms with van der Waals surface area (Å²) in [4.78, 5) is 19.8. The Bertz CT molecular complexity index is 1930. The van der Waals surface area contributed by atoms with Crippen LogP contribution in [0.1, 0.15) is 5.69 Å². The second kappa shape index (κ2) is 8.61. The van der Waals surface area contributed by atoms with Crippen molar-refractivity contribution in [3.63, 3.8) is 0 Å². The summed E-state index contributed by atoms with van der Waals surface area (Å²) in [6.45, 7) is 2.01. The van der Waals surface area contributed by atoms with Crippen molar-refractivity contribution in [3.8, 4) is 33.8 Å². The number of para-hydroxylation sites is 2. The molecule has 0 aliphatic carbocycles. The summed E-state index contributed by atoms with van der Waals surface area (Å²) < 4.78 is 0. The zero-order valence-corrected chi connectivity index (χ0v) is 20.3. The van der Waals surface area contributed by atoms with Crippen LogP contribution in [0.15, 0.2) is 115 Å². The molecule has 174 valence electrons. The van der Waals surface area contributed by atoms with E-state index in [2.05, 4.69) is 66.7 Å². The molecule has 0 aliphatic heterocycles. The molecule has 4 aromatic carbocycles. The first-order valence-electron chi connectivity index (χ1n) is 12.3. The monoisotopic (exact) mass is 474 g/mol. The Hall–Kier alpha value is -4.96. The minimum atomic E-state index is 0.869. The van der Waals surface area contributed by atoms with Crippen molar-refractivity contribution in [2.45, 2.75) is 6.92 Å². The number of hydrogen-bond donors (Lipinski definition) is 0. The first-order chi connectivity index (χ1) is 18.2. The molecule has 0 saturated heterocycles. The van der Waals surface area contributed by atoms with Gasteiger partial charge in [0.05, 0.1) is 39.1 Å². The fourth-order valence-corrected chi connectivity index (χ4v) is 4.82. The molecule has 0 fully saturated rings. The van der Waals surface area contributed by atoms with E-state index >= 15 is 0 Å². The highest BCUT2D eigenvalue weighted by Gasteiger charge is 2.14. The standard InChI is InChI=1S/C33H22N4/c1-21-11-12-24-17-18-26-19-20-27(35-32(26)30(24)34-21)22-13-15-25(16-14-22)33-31(23-7-3-2-4-8-23)36-28-9-5-6-10-29(28)37-33/h2-20H,1H3. The molecule has 0 saturated carbocycles. The van der Waals surface area contributed by atoms with Gasteiger partial charge in [0.15, 0.2) is 0 Å². The van der Waals surface area contributed by atoms with Crippen LogP contribution in [-0.2, 0) is 0 Å². The van der Waals surface area contributed by atoms with E-state index in [9.17, 15) is 0 Å². The summed E-state index contributed by atoms with van der Waals surface area (Å²) in [6.07, 6.45) is 0. The van der Waals surface area contributed by atoms with Gasteiger partial charge in [0, 0.05) is 33.2 Å². The molecule has 3 heterocycles. The normalized spacial score (nSPS) is 11.4. The van der Waals surface area contributed by atoms with Crippen molar-refractivity contribution in [1.29, 1.82) is 0 Å². The van der Waals surface area contributed by atoms with Gasteiger partial charge in [-0.3, -0.25) is 4.98 Å². The van der Waals surface area contributed by atoms with Crippen molar-refractivity contribution in [3.05, 3.63) is 121 Å². The van der Waals surface area contributed by atoms with E-state index in [1.54, 1.807) is 0 Å². The Morgan fingerprint density at radius 1 is 0.405 bits per heavy atom. The number of pyridine rings is 2. The number of aryl methyl sites for hydroxylation is 1.